The number of amides is 1. The third kappa shape index (κ3) is 2.84. The number of hydrogen-bond donors (Lipinski definition) is 2. The van der Waals surface area contributed by atoms with Crippen molar-refractivity contribution in [3.05, 3.63) is 41.7 Å². The van der Waals surface area contributed by atoms with Gasteiger partial charge in [-0.25, -0.2) is 4.79 Å². The second-order valence-electron chi connectivity index (χ2n) is 3.47. The van der Waals surface area contributed by atoms with Crippen molar-refractivity contribution in [3.8, 4) is 0 Å². The average molecular weight is 235 g/mol. The molecular formula is C12H13NO4. The van der Waals surface area contributed by atoms with E-state index in [0.29, 0.717) is 5.69 Å². The molecule has 0 aliphatic rings. The molecule has 1 aromatic carbocycles. The van der Waals surface area contributed by atoms with Crippen LogP contribution in [-0.4, -0.2) is 29.1 Å². The van der Waals surface area contributed by atoms with Crippen LogP contribution in [0, 0.1) is 0 Å². The molecule has 5 nitrogen and oxygen atoms in total. The summed E-state index contributed by atoms with van der Waals surface area (Å²) in [6, 6.07) is 8.59. The lowest BCUT2D eigenvalue weighted by atomic mass is 10.2. The molecule has 0 aliphatic heterocycles. The summed E-state index contributed by atoms with van der Waals surface area (Å²) >= 11 is 0. The summed E-state index contributed by atoms with van der Waals surface area (Å²) < 4.78 is 0. The lowest BCUT2D eigenvalue weighted by Crippen LogP contribution is -2.31. The second-order valence-corrected chi connectivity index (χ2v) is 3.47. The van der Waals surface area contributed by atoms with E-state index in [4.69, 9.17) is 5.11 Å². The van der Waals surface area contributed by atoms with Gasteiger partial charge in [-0.15, -0.1) is 0 Å². The number of aliphatic hydroxyl groups is 1. The standard InChI is InChI=1S/C12H13NO4/c1-8(14)10(12(16)17)11(15)13(2)9-6-4-3-5-7-9/h3-7,14H,1-2H3,(H,16,17)/b10-8+. The number of carbonyl (C=O) groups is 2. The van der Waals surface area contributed by atoms with E-state index in [2.05, 4.69) is 0 Å². The minimum atomic E-state index is -1.45. The molecule has 0 fully saturated rings. The van der Waals surface area contributed by atoms with Gasteiger partial charge in [0, 0.05) is 12.7 Å². The highest BCUT2D eigenvalue weighted by atomic mass is 16.4. The quantitative estimate of drug-likeness (QED) is 0.361. The third-order valence-corrected chi connectivity index (χ3v) is 2.24. The first kappa shape index (κ1) is 12.8. The number of likely N-dealkylation sites (N-methyl/N-ethyl adjacent to an activating group) is 1. The van der Waals surface area contributed by atoms with Gasteiger partial charge in [0.25, 0.3) is 5.91 Å². The first-order chi connectivity index (χ1) is 7.95. The minimum Gasteiger partial charge on any atom is -0.511 e. The zero-order chi connectivity index (χ0) is 13.0. The highest BCUT2D eigenvalue weighted by Crippen LogP contribution is 2.15. The van der Waals surface area contributed by atoms with Crippen molar-refractivity contribution in [1.82, 2.24) is 0 Å². The molecule has 1 aromatic rings. The Morgan fingerprint density at radius 2 is 1.65 bits per heavy atom. The summed E-state index contributed by atoms with van der Waals surface area (Å²) in [4.78, 5) is 23.9. The summed E-state index contributed by atoms with van der Waals surface area (Å²) in [7, 11) is 1.45. The number of nitrogens with zero attached hydrogens (tertiary/aromatic N) is 1. The Hall–Kier alpha value is -2.30. The van der Waals surface area contributed by atoms with Crippen LogP contribution in [0.5, 0.6) is 0 Å². The van der Waals surface area contributed by atoms with E-state index in [-0.39, 0.29) is 0 Å². The second kappa shape index (κ2) is 5.16. The van der Waals surface area contributed by atoms with E-state index >= 15 is 0 Å². The number of allylic oxidation sites excluding steroid dienone is 1. The van der Waals surface area contributed by atoms with Crippen molar-refractivity contribution in [2.45, 2.75) is 6.92 Å². The largest absolute Gasteiger partial charge is 0.511 e. The highest BCUT2D eigenvalue weighted by Gasteiger charge is 2.24. The van der Waals surface area contributed by atoms with E-state index < -0.39 is 23.2 Å². The van der Waals surface area contributed by atoms with Gasteiger partial charge < -0.3 is 15.1 Å². The minimum absolute atomic E-state index is 0.509. The van der Waals surface area contributed by atoms with Crippen LogP contribution in [-0.2, 0) is 9.59 Å². The Kier molecular flexibility index (Phi) is 3.87. The Balaban J connectivity index is 3.06. The maximum atomic E-state index is 11.9. The summed E-state index contributed by atoms with van der Waals surface area (Å²) in [5.74, 6) is -2.72. The monoisotopic (exact) mass is 235 g/mol. The molecule has 90 valence electrons. The van der Waals surface area contributed by atoms with Gasteiger partial charge in [0.15, 0.2) is 5.57 Å². The Morgan fingerprint density at radius 1 is 1.12 bits per heavy atom. The van der Waals surface area contributed by atoms with Crippen LogP contribution < -0.4 is 4.90 Å². The molecule has 0 bridgehead atoms. The third-order valence-electron chi connectivity index (χ3n) is 2.24. The molecule has 0 heterocycles. The summed E-state index contributed by atoms with van der Waals surface area (Å²) in [6.45, 7) is 1.17. The molecule has 17 heavy (non-hydrogen) atoms. The predicted octanol–water partition coefficient (Wildman–Crippen LogP) is 1.57. The maximum Gasteiger partial charge on any atom is 0.344 e. The van der Waals surface area contributed by atoms with Crippen LogP contribution >= 0.6 is 0 Å². The summed E-state index contributed by atoms with van der Waals surface area (Å²) in [5.41, 5.74) is -0.0751. The van der Waals surface area contributed by atoms with Crippen LogP contribution in [0.25, 0.3) is 0 Å². The number of anilines is 1. The number of carboxylic acids is 1. The maximum absolute atomic E-state index is 11.9. The zero-order valence-electron chi connectivity index (χ0n) is 9.54. The van der Waals surface area contributed by atoms with Gasteiger partial charge >= 0.3 is 5.97 Å². The molecule has 0 unspecified atom stereocenters. The molecule has 0 radical (unpaired) electrons. The van der Waals surface area contributed by atoms with Crippen LogP contribution in [0.2, 0.25) is 0 Å². The SMILES string of the molecule is C/C(O)=C(\C(=O)O)C(=O)N(C)c1ccccc1. The molecule has 0 saturated heterocycles. The van der Waals surface area contributed by atoms with Gasteiger partial charge in [-0.1, -0.05) is 18.2 Å². The lowest BCUT2D eigenvalue weighted by molar-refractivity contribution is -0.134. The van der Waals surface area contributed by atoms with Gasteiger partial charge in [-0.2, -0.15) is 0 Å². The van der Waals surface area contributed by atoms with Crippen molar-refractivity contribution < 1.29 is 19.8 Å². The fourth-order valence-corrected chi connectivity index (χ4v) is 1.34. The predicted molar refractivity (Wildman–Crippen MR) is 62.8 cm³/mol. The van der Waals surface area contributed by atoms with E-state index in [0.717, 1.165) is 0 Å². The van der Waals surface area contributed by atoms with Crippen molar-refractivity contribution in [2.75, 3.05) is 11.9 Å². The van der Waals surface area contributed by atoms with E-state index in [1.165, 1.54) is 18.9 Å². The fourth-order valence-electron chi connectivity index (χ4n) is 1.34. The molecule has 0 atom stereocenters. The number of rotatable bonds is 3. The zero-order valence-corrected chi connectivity index (χ0v) is 9.54. The lowest BCUT2D eigenvalue weighted by Gasteiger charge is -2.17. The Labute approximate surface area is 98.6 Å². The average Bonchev–Trinajstić information content (AvgIpc) is 2.28. The van der Waals surface area contributed by atoms with Gasteiger partial charge in [-0.3, -0.25) is 4.79 Å². The number of aliphatic hydroxyl groups excluding tert-OH is 1. The fraction of sp³-hybridized carbons (Fsp3) is 0.167. The number of carbonyl (C=O) groups excluding carboxylic acids is 1. The highest BCUT2D eigenvalue weighted by molar-refractivity contribution is 6.21. The first-order valence-corrected chi connectivity index (χ1v) is 4.91. The number of carboxylic acid groups (broad SMARTS) is 1. The molecule has 0 saturated carbocycles. The topological polar surface area (TPSA) is 77.8 Å². The van der Waals surface area contributed by atoms with Gasteiger partial charge in [0.2, 0.25) is 0 Å². The van der Waals surface area contributed by atoms with Crippen molar-refractivity contribution >= 4 is 17.6 Å². The van der Waals surface area contributed by atoms with Crippen molar-refractivity contribution in [1.29, 1.82) is 0 Å². The van der Waals surface area contributed by atoms with Crippen molar-refractivity contribution in [2.24, 2.45) is 0 Å². The smallest absolute Gasteiger partial charge is 0.344 e. The van der Waals surface area contributed by atoms with E-state index in [9.17, 15) is 14.7 Å². The van der Waals surface area contributed by atoms with E-state index in [1.807, 2.05) is 0 Å². The molecule has 1 amide bonds. The number of para-hydroxylation sites is 1. The summed E-state index contributed by atoms with van der Waals surface area (Å²) in [5, 5.41) is 18.0. The normalized spacial score (nSPS) is 11.6. The van der Waals surface area contributed by atoms with Crippen molar-refractivity contribution in [3.63, 3.8) is 0 Å². The molecular weight excluding hydrogens is 222 g/mol. The summed E-state index contributed by atoms with van der Waals surface area (Å²) in [6.07, 6.45) is 0. The first-order valence-electron chi connectivity index (χ1n) is 4.91. The van der Waals surface area contributed by atoms with Crippen LogP contribution in [0.15, 0.2) is 41.7 Å². The molecule has 2 N–H and O–H groups in total. The van der Waals surface area contributed by atoms with Gasteiger partial charge in [0.1, 0.15) is 5.76 Å². The number of hydrogen-bond acceptors (Lipinski definition) is 3. The van der Waals surface area contributed by atoms with Gasteiger partial charge in [-0.05, 0) is 19.1 Å². The van der Waals surface area contributed by atoms with Crippen LogP contribution in [0.1, 0.15) is 6.92 Å². The number of benzene rings is 1. The molecule has 0 aromatic heterocycles. The number of aliphatic carboxylic acids is 1. The molecule has 0 spiro atoms. The Bertz CT molecular complexity index is 461. The Morgan fingerprint density at radius 3 is 2.06 bits per heavy atom. The van der Waals surface area contributed by atoms with Crippen LogP contribution in [0.3, 0.4) is 0 Å². The van der Waals surface area contributed by atoms with Gasteiger partial charge in [0.05, 0.1) is 0 Å². The molecule has 0 aliphatic carbocycles. The van der Waals surface area contributed by atoms with Crippen LogP contribution in [0.4, 0.5) is 5.69 Å². The molecule has 1 rings (SSSR count). The van der Waals surface area contributed by atoms with E-state index in [1.54, 1.807) is 30.3 Å². The molecule has 5 heteroatoms.